The highest BCUT2D eigenvalue weighted by atomic mass is 35.5. The Labute approximate surface area is 199 Å². The summed E-state index contributed by atoms with van der Waals surface area (Å²) in [6.45, 7) is 0. The summed E-state index contributed by atoms with van der Waals surface area (Å²) in [5.41, 5.74) is -1.00. The number of nitrogens with zero attached hydrogens (tertiary/aromatic N) is 2. The third-order valence-electron chi connectivity index (χ3n) is 4.99. The second kappa shape index (κ2) is 9.10. The molecule has 35 heavy (non-hydrogen) atoms. The minimum Gasteiger partial charge on any atom is -0.322 e. The lowest BCUT2D eigenvalue weighted by Crippen LogP contribution is -2.12. The molecule has 0 aliphatic heterocycles. The number of benzene rings is 3. The van der Waals surface area contributed by atoms with Crippen LogP contribution in [0.2, 0.25) is 5.02 Å². The van der Waals surface area contributed by atoms with Gasteiger partial charge in [-0.1, -0.05) is 35.9 Å². The Bertz CT molecular complexity index is 1360. The molecule has 1 amide bonds. The van der Waals surface area contributed by atoms with E-state index in [4.69, 9.17) is 11.6 Å². The fourth-order valence-corrected chi connectivity index (χ4v) is 3.49. The molecular weight excluding hydrogens is 496 g/mol. The first kappa shape index (κ1) is 24.3. The van der Waals surface area contributed by atoms with Gasteiger partial charge >= 0.3 is 12.4 Å². The number of carbonyl (C=O) groups excluding carboxylic acids is 1. The zero-order valence-electron chi connectivity index (χ0n) is 17.5. The number of hydrogen-bond donors (Lipinski definition) is 1. The molecule has 0 aliphatic carbocycles. The predicted octanol–water partition coefficient (Wildman–Crippen LogP) is 7.48. The van der Waals surface area contributed by atoms with Gasteiger partial charge in [0.25, 0.3) is 5.91 Å². The molecule has 0 saturated carbocycles. The Kier molecular flexibility index (Phi) is 6.33. The SMILES string of the molecule is O=C(Nc1ccc(C(F)(F)F)cc1)c1ccc(-c2cc(C(F)(F)F)nn2-c2ccccc2Cl)cc1. The maximum Gasteiger partial charge on any atom is 0.435 e. The van der Waals surface area contributed by atoms with Crippen molar-refractivity contribution in [2.24, 2.45) is 0 Å². The summed E-state index contributed by atoms with van der Waals surface area (Å²) >= 11 is 6.16. The van der Waals surface area contributed by atoms with Crippen molar-refractivity contribution in [3.63, 3.8) is 0 Å². The van der Waals surface area contributed by atoms with Gasteiger partial charge in [0.15, 0.2) is 5.69 Å². The van der Waals surface area contributed by atoms with E-state index in [-0.39, 0.29) is 27.7 Å². The predicted molar refractivity (Wildman–Crippen MR) is 118 cm³/mol. The van der Waals surface area contributed by atoms with Crippen LogP contribution in [0, 0.1) is 0 Å². The summed E-state index contributed by atoms with van der Waals surface area (Å²) < 4.78 is 79.2. The van der Waals surface area contributed by atoms with Crippen LogP contribution in [-0.4, -0.2) is 15.7 Å². The number of amides is 1. The van der Waals surface area contributed by atoms with Crippen LogP contribution in [0.5, 0.6) is 0 Å². The van der Waals surface area contributed by atoms with E-state index in [1.165, 1.54) is 36.4 Å². The molecule has 0 bridgehead atoms. The maximum atomic E-state index is 13.4. The van der Waals surface area contributed by atoms with E-state index >= 15 is 0 Å². The summed E-state index contributed by atoms with van der Waals surface area (Å²) in [5, 5.41) is 6.34. The van der Waals surface area contributed by atoms with Crippen molar-refractivity contribution in [1.82, 2.24) is 9.78 Å². The molecule has 1 N–H and O–H groups in total. The molecule has 180 valence electrons. The molecule has 1 aromatic heterocycles. The smallest absolute Gasteiger partial charge is 0.322 e. The number of anilines is 1. The quantitative estimate of drug-likeness (QED) is 0.290. The minimum atomic E-state index is -4.69. The van der Waals surface area contributed by atoms with Crippen molar-refractivity contribution in [2.75, 3.05) is 5.32 Å². The van der Waals surface area contributed by atoms with Crippen LogP contribution >= 0.6 is 11.6 Å². The largest absolute Gasteiger partial charge is 0.435 e. The Morgan fingerprint density at radius 3 is 2.03 bits per heavy atom. The highest BCUT2D eigenvalue weighted by Crippen LogP contribution is 2.35. The van der Waals surface area contributed by atoms with Crippen molar-refractivity contribution < 1.29 is 31.1 Å². The molecule has 4 nitrogen and oxygen atoms in total. The summed E-state index contributed by atoms with van der Waals surface area (Å²) in [4.78, 5) is 12.5. The van der Waals surface area contributed by atoms with E-state index in [1.54, 1.807) is 12.1 Å². The van der Waals surface area contributed by atoms with Gasteiger partial charge < -0.3 is 5.32 Å². The van der Waals surface area contributed by atoms with Crippen LogP contribution in [0.15, 0.2) is 78.9 Å². The topological polar surface area (TPSA) is 46.9 Å². The Balaban J connectivity index is 1.62. The van der Waals surface area contributed by atoms with Crippen LogP contribution in [0.25, 0.3) is 16.9 Å². The molecule has 0 fully saturated rings. The van der Waals surface area contributed by atoms with Gasteiger partial charge in [-0.15, -0.1) is 0 Å². The summed E-state index contributed by atoms with van der Waals surface area (Å²) in [7, 11) is 0. The molecule has 0 saturated heterocycles. The fourth-order valence-electron chi connectivity index (χ4n) is 3.27. The Morgan fingerprint density at radius 2 is 1.46 bits per heavy atom. The van der Waals surface area contributed by atoms with Gasteiger partial charge in [0.1, 0.15) is 0 Å². The van der Waals surface area contributed by atoms with Gasteiger partial charge in [-0.2, -0.15) is 31.4 Å². The van der Waals surface area contributed by atoms with Gasteiger partial charge in [-0.3, -0.25) is 4.79 Å². The molecule has 0 aliphatic rings. The van der Waals surface area contributed by atoms with E-state index in [9.17, 15) is 31.1 Å². The van der Waals surface area contributed by atoms with Gasteiger partial charge in [0.05, 0.1) is 22.0 Å². The van der Waals surface area contributed by atoms with E-state index in [0.717, 1.165) is 35.0 Å². The molecule has 0 atom stereocenters. The van der Waals surface area contributed by atoms with Crippen molar-refractivity contribution in [3.05, 3.63) is 101 Å². The van der Waals surface area contributed by atoms with Crippen LogP contribution < -0.4 is 5.32 Å². The fraction of sp³-hybridized carbons (Fsp3) is 0.0833. The lowest BCUT2D eigenvalue weighted by molar-refractivity contribution is -0.141. The molecule has 4 aromatic rings. The second-order valence-electron chi connectivity index (χ2n) is 7.38. The molecule has 4 rings (SSSR count). The number of rotatable bonds is 4. The van der Waals surface area contributed by atoms with E-state index in [2.05, 4.69) is 10.4 Å². The first-order valence-corrected chi connectivity index (χ1v) is 10.3. The zero-order chi connectivity index (χ0) is 25.4. The number of nitrogens with one attached hydrogen (secondary N) is 1. The number of para-hydroxylation sites is 1. The normalized spacial score (nSPS) is 12.0. The van der Waals surface area contributed by atoms with Gasteiger partial charge in [0.2, 0.25) is 0 Å². The summed E-state index contributed by atoms with van der Waals surface area (Å²) in [5.74, 6) is -0.605. The third kappa shape index (κ3) is 5.32. The van der Waals surface area contributed by atoms with E-state index in [0.29, 0.717) is 5.56 Å². The zero-order valence-corrected chi connectivity index (χ0v) is 18.2. The van der Waals surface area contributed by atoms with Gasteiger partial charge in [0, 0.05) is 16.8 Å². The van der Waals surface area contributed by atoms with Crippen molar-refractivity contribution in [2.45, 2.75) is 12.4 Å². The molecular formula is C24H14ClF6N3O. The monoisotopic (exact) mass is 509 g/mol. The van der Waals surface area contributed by atoms with Crippen molar-refractivity contribution >= 4 is 23.2 Å². The third-order valence-corrected chi connectivity index (χ3v) is 5.31. The first-order valence-electron chi connectivity index (χ1n) is 9.95. The van der Waals surface area contributed by atoms with E-state index < -0.39 is 29.5 Å². The van der Waals surface area contributed by atoms with Crippen molar-refractivity contribution in [1.29, 1.82) is 0 Å². The second-order valence-corrected chi connectivity index (χ2v) is 7.79. The number of hydrogen-bond acceptors (Lipinski definition) is 2. The molecule has 0 spiro atoms. The molecule has 3 aromatic carbocycles. The van der Waals surface area contributed by atoms with Crippen LogP contribution in [0.4, 0.5) is 32.0 Å². The lowest BCUT2D eigenvalue weighted by Gasteiger charge is -2.11. The molecule has 1 heterocycles. The molecule has 0 radical (unpaired) electrons. The summed E-state index contributed by atoms with van der Waals surface area (Å²) in [6.07, 6.45) is -9.19. The Morgan fingerprint density at radius 1 is 0.829 bits per heavy atom. The highest BCUT2D eigenvalue weighted by Gasteiger charge is 2.35. The number of alkyl halides is 6. The van der Waals surface area contributed by atoms with Crippen LogP contribution in [0.3, 0.4) is 0 Å². The number of aromatic nitrogens is 2. The average Bonchev–Trinajstić information content (AvgIpc) is 3.25. The van der Waals surface area contributed by atoms with Crippen LogP contribution in [-0.2, 0) is 12.4 Å². The summed E-state index contributed by atoms with van der Waals surface area (Å²) in [6, 6.07) is 16.7. The van der Waals surface area contributed by atoms with Crippen LogP contribution in [0.1, 0.15) is 21.6 Å². The van der Waals surface area contributed by atoms with Gasteiger partial charge in [-0.05, 0) is 54.6 Å². The Hall–Kier alpha value is -3.79. The standard InChI is InChI=1S/C24H14ClF6N3O/c25-18-3-1-2-4-19(18)34-20(13-21(33-34)24(29,30)31)14-5-7-15(8-6-14)22(35)32-17-11-9-16(10-12-17)23(26,27)28/h1-13H,(H,32,35). The maximum absolute atomic E-state index is 13.4. The van der Waals surface area contributed by atoms with E-state index in [1.807, 2.05) is 0 Å². The van der Waals surface area contributed by atoms with Gasteiger partial charge in [-0.25, -0.2) is 4.68 Å². The number of halogens is 7. The molecule has 0 unspecified atom stereocenters. The first-order chi connectivity index (χ1) is 16.4. The average molecular weight is 510 g/mol. The highest BCUT2D eigenvalue weighted by molar-refractivity contribution is 6.32. The minimum absolute atomic E-state index is 0.0973. The number of carbonyl (C=O) groups is 1. The van der Waals surface area contributed by atoms with Crippen molar-refractivity contribution in [3.8, 4) is 16.9 Å². The lowest BCUT2D eigenvalue weighted by atomic mass is 10.1. The molecule has 11 heteroatoms.